The summed E-state index contributed by atoms with van der Waals surface area (Å²) < 4.78 is 70.5. The summed E-state index contributed by atoms with van der Waals surface area (Å²) in [4.78, 5) is 53.4. The average molecular weight is 1760 g/mol. The minimum atomic E-state index is -3.35. The molecule has 6 rings (SSSR count). The van der Waals surface area contributed by atoms with Gasteiger partial charge in [0.1, 0.15) is 146 Å². The van der Waals surface area contributed by atoms with Crippen molar-refractivity contribution in [3.05, 3.63) is 12.2 Å². The van der Waals surface area contributed by atoms with Crippen LogP contribution in [0.4, 0.5) is 0 Å². The minimum absolute atomic E-state index is 0.134. The van der Waals surface area contributed by atoms with Crippen molar-refractivity contribution in [3.63, 3.8) is 0 Å². The molecule has 25 N–H and O–H groups in total. The molecule has 0 bridgehead atoms. The number of unbranched alkanes of at least 4 members (excludes halogenated alkanes) is 25. The number of carbonyl (C=O) groups is 4. The van der Waals surface area contributed by atoms with E-state index in [1.807, 2.05) is 6.08 Å². The largest absolute Gasteiger partial charge is 0.477 e. The highest BCUT2D eigenvalue weighted by Crippen LogP contribution is 2.42. The van der Waals surface area contributed by atoms with E-state index < -0.39 is 284 Å². The first-order valence-corrected chi connectivity index (χ1v) is 43.2. The summed E-state index contributed by atoms with van der Waals surface area (Å²) in [5, 5.41) is 259. The Hall–Kier alpha value is -3.70. The molecule has 0 aromatic heterocycles. The van der Waals surface area contributed by atoms with Crippen LogP contribution in [-0.2, 0) is 76.0 Å². The van der Waals surface area contributed by atoms with Gasteiger partial charge in [0.05, 0.1) is 70.6 Å². The van der Waals surface area contributed by atoms with E-state index in [9.17, 15) is 137 Å². The molecule has 0 radical (unpaired) electrons. The number of carboxylic acids is 2. The Labute approximate surface area is 704 Å². The van der Waals surface area contributed by atoms with E-state index in [4.69, 9.17) is 56.8 Å². The fraction of sp³-hybridized carbons (Fsp3) is 0.925. The van der Waals surface area contributed by atoms with E-state index in [1.54, 1.807) is 0 Å². The molecule has 6 heterocycles. The Morgan fingerprint density at radius 1 is 0.446 bits per heavy atom. The van der Waals surface area contributed by atoms with Crippen LogP contribution in [0.2, 0.25) is 0 Å². The molecule has 0 aliphatic carbocycles. The first-order chi connectivity index (χ1) is 57.7. The lowest BCUT2D eigenvalue weighted by atomic mass is 9.90. The van der Waals surface area contributed by atoms with Gasteiger partial charge in [-0.25, -0.2) is 9.59 Å². The molecular weight excluding hydrogens is 1610 g/mol. The van der Waals surface area contributed by atoms with Crippen molar-refractivity contribution >= 4 is 23.8 Å². The van der Waals surface area contributed by atoms with Crippen LogP contribution in [0.5, 0.6) is 0 Å². The molecule has 6 aliphatic rings. The minimum Gasteiger partial charge on any atom is -0.477 e. The zero-order valence-corrected chi connectivity index (χ0v) is 69.6. The highest BCUT2D eigenvalue weighted by Gasteiger charge is 2.63. The summed E-state index contributed by atoms with van der Waals surface area (Å²) in [6.45, 7) is -2.47. The number of aliphatic hydroxyl groups is 21. The van der Waals surface area contributed by atoms with Gasteiger partial charge in [-0.15, -0.1) is 0 Å². The fourth-order valence-corrected chi connectivity index (χ4v) is 15.9. The van der Waals surface area contributed by atoms with E-state index in [1.165, 1.54) is 109 Å². The molecule has 41 heteroatoms. The van der Waals surface area contributed by atoms with Crippen LogP contribution in [0.3, 0.4) is 0 Å². The predicted octanol–water partition coefficient (Wildman–Crippen LogP) is -4.16. The second-order valence-corrected chi connectivity index (χ2v) is 32.8. The summed E-state index contributed by atoms with van der Waals surface area (Å²) in [6, 6.07) is -3.26. The Morgan fingerprint density at radius 3 is 1.31 bits per heavy atom. The van der Waals surface area contributed by atoms with Crippen LogP contribution < -0.4 is 10.6 Å². The number of aliphatic hydroxyl groups excluding tert-OH is 21. The van der Waals surface area contributed by atoms with Gasteiger partial charge < -0.3 is 185 Å². The normalized spacial score (nSPS) is 36.4. The first-order valence-electron chi connectivity index (χ1n) is 43.2. The second-order valence-electron chi connectivity index (χ2n) is 32.8. The third-order valence-corrected chi connectivity index (χ3v) is 23.3. The standard InChI is InChI=1S/C80H142N2O39/c1-4-6-8-10-12-14-16-18-19-21-23-25-27-29-31-33-54(94)82-44(45(89)32-30-28-26-24-22-20-17-15-13-11-9-7-5-2)41-110-74-64(103)62(101)68(51(39-86)113-74)117-75-65(104)63(102)67(52(40-87)114-75)116-73-55(81-43(3)88)69(61(100)53(115-73)42-111-79(77(106)107)34-46(90)56(95)70(119-79)58(97)48(92)36-83)118-76-66(105)72(60(99)50(38-85)112-76)121-80(78(108)109)35-47(91)57(96)71(120-80)59(98)49(93)37-84/h30,32,44-53,55-76,83-87,89-93,95-105H,4-29,31,33-42H2,1-3H3,(H,81,88)(H,82,94)(H,106,107)(H,108,109)/b32-30+/t44-,45+,46?,47?,48+,49+,50?,51?,52?,53?,55?,56+,57+,58+,59+,60-,61-,62+,63+,64?,65?,66?,67-,68+,69+,70?,71?,72-,73-,74+,75-,76-,79+,80-/m0/s1. The molecule has 2 amide bonds. The molecule has 706 valence electrons. The molecule has 0 spiro atoms. The molecular formula is C80H142N2O39. The highest BCUT2D eigenvalue weighted by atomic mass is 16.8. The number of aliphatic carboxylic acids is 2. The van der Waals surface area contributed by atoms with Crippen molar-refractivity contribution in [1.29, 1.82) is 0 Å². The summed E-state index contributed by atoms with van der Waals surface area (Å²) in [5.41, 5.74) is 0. The molecule has 41 nitrogen and oxygen atoms in total. The van der Waals surface area contributed by atoms with E-state index in [0.717, 1.165) is 64.7 Å². The van der Waals surface area contributed by atoms with Crippen LogP contribution in [0.15, 0.2) is 12.2 Å². The number of rotatable bonds is 57. The van der Waals surface area contributed by atoms with Gasteiger partial charge in [0, 0.05) is 26.2 Å². The lowest BCUT2D eigenvalue weighted by Crippen LogP contribution is -2.71. The number of hydrogen-bond donors (Lipinski definition) is 25. The molecule has 6 aliphatic heterocycles. The number of amides is 2. The first kappa shape index (κ1) is 106. The molecule has 12 unspecified atom stereocenters. The smallest absolute Gasteiger partial charge is 0.364 e. The molecule has 0 saturated carbocycles. The molecule has 6 fully saturated rings. The zero-order valence-electron chi connectivity index (χ0n) is 69.6. The maximum absolute atomic E-state index is 13.6. The molecule has 34 atom stereocenters. The van der Waals surface area contributed by atoms with Gasteiger partial charge in [-0.3, -0.25) is 9.59 Å². The summed E-state index contributed by atoms with van der Waals surface area (Å²) in [6.07, 6.45) is -34.6. The third-order valence-electron chi connectivity index (χ3n) is 23.3. The Bertz CT molecular complexity index is 2940. The van der Waals surface area contributed by atoms with E-state index in [2.05, 4.69) is 24.5 Å². The van der Waals surface area contributed by atoms with Gasteiger partial charge >= 0.3 is 11.9 Å². The van der Waals surface area contributed by atoms with Gasteiger partial charge in [-0.05, 0) is 19.3 Å². The van der Waals surface area contributed by atoms with Gasteiger partial charge in [-0.1, -0.05) is 180 Å². The van der Waals surface area contributed by atoms with Gasteiger partial charge in [-0.2, -0.15) is 0 Å². The van der Waals surface area contributed by atoms with Crippen molar-refractivity contribution < 1.29 is 193 Å². The van der Waals surface area contributed by atoms with Crippen molar-refractivity contribution in [2.45, 2.75) is 421 Å². The SMILES string of the molecule is CCCCCCCCCCCCC/C=C/[C@@H](O)[C@H](CO[C@@H]1OC(CO)[C@@H](O[C@@H]2OC(CO)[C@H](O[C@@H]3OC(CO[C@]4(C(=O)O)CC(O)[C@@H](O)C([C@H](O)[C@H](O)CO)O4)[C@H](O)[C@H](O[C@@H]4OC(CO)[C@H](O)[C@H](O[C@]5(C(=O)O)CC(O)[C@@H](O)C([C@H](O)[C@H](O)CO)O5)C4O)C3NC(C)=O)[C@H](O)C2O)[C@H](O)C1O)NC(=O)CCCCCCCCCCCCCCCCC. The molecule has 0 aromatic carbocycles. The second kappa shape index (κ2) is 53.9. The van der Waals surface area contributed by atoms with Crippen LogP contribution >= 0.6 is 0 Å². The molecule has 6 saturated heterocycles. The van der Waals surface area contributed by atoms with E-state index >= 15 is 0 Å². The topological polar surface area (TPSA) is 668 Å². The van der Waals surface area contributed by atoms with Crippen LogP contribution in [0.1, 0.15) is 213 Å². The van der Waals surface area contributed by atoms with Crippen molar-refractivity contribution in [2.75, 3.05) is 46.2 Å². The lowest BCUT2D eigenvalue weighted by molar-refractivity contribution is -0.393. The van der Waals surface area contributed by atoms with Gasteiger partial charge in [0.25, 0.3) is 11.6 Å². The molecule has 121 heavy (non-hydrogen) atoms. The Balaban J connectivity index is 1.21. The van der Waals surface area contributed by atoms with Crippen molar-refractivity contribution in [2.24, 2.45) is 0 Å². The number of carboxylic acid groups (broad SMARTS) is 2. The number of carbonyl (C=O) groups excluding carboxylic acids is 2. The predicted molar refractivity (Wildman–Crippen MR) is 417 cm³/mol. The zero-order chi connectivity index (χ0) is 89.3. The monoisotopic (exact) mass is 1750 g/mol. The molecule has 0 aromatic rings. The quantitative estimate of drug-likeness (QED) is 0.0203. The number of allylic oxidation sites excluding steroid dienone is 1. The Morgan fingerprint density at radius 2 is 0.843 bits per heavy atom. The maximum atomic E-state index is 13.6. The lowest BCUT2D eigenvalue weighted by Gasteiger charge is -2.51. The van der Waals surface area contributed by atoms with Gasteiger partial charge in [0.15, 0.2) is 25.2 Å². The summed E-state index contributed by atoms with van der Waals surface area (Å²) in [5.74, 6) is -12.3. The number of nitrogens with one attached hydrogen (secondary N) is 2. The van der Waals surface area contributed by atoms with Crippen LogP contribution in [0, 0.1) is 0 Å². The average Bonchev–Trinajstić information content (AvgIpc) is 0.756. The summed E-state index contributed by atoms with van der Waals surface area (Å²) in [7, 11) is 0. The summed E-state index contributed by atoms with van der Waals surface area (Å²) >= 11 is 0. The fourth-order valence-electron chi connectivity index (χ4n) is 15.9. The van der Waals surface area contributed by atoms with Crippen LogP contribution in [0.25, 0.3) is 0 Å². The van der Waals surface area contributed by atoms with Gasteiger partial charge in [0.2, 0.25) is 11.8 Å². The Kier molecular flexibility index (Phi) is 47.3. The van der Waals surface area contributed by atoms with Crippen molar-refractivity contribution in [1.82, 2.24) is 10.6 Å². The van der Waals surface area contributed by atoms with Crippen molar-refractivity contribution in [3.8, 4) is 0 Å². The van der Waals surface area contributed by atoms with Crippen LogP contribution in [-0.4, -0.2) is 395 Å². The number of hydrogen-bond acceptors (Lipinski definition) is 37. The maximum Gasteiger partial charge on any atom is 0.364 e. The van der Waals surface area contributed by atoms with E-state index in [-0.39, 0.29) is 12.3 Å². The number of ether oxygens (including phenoxy) is 12. The third kappa shape index (κ3) is 30.7. The highest BCUT2D eigenvalue weighted by molar-refractivity contribution is 5.77. The van der Waals surface area contributed by atoms with E-state index in [0.29, 0.717) is 12.8 Å².